The summed E-state index contributed by atoms with van der Waals surface area (Å²) < 4.78 is 0. The molecule has 1 aromatic rings. The van der Waals surface area contributed by atoms with E-state index in [4.69, 9.17) is 0 Å². The van der Waals surface area contributed by atoms with Crippen LogP contribution in [0.25, 0.3) is 0 Å². The van der Waals surface area contributed by atoms with Crippen molar-refractivity contribution in [2.75, 3.05) is 13.1 Å². The molecule has 1 aliphatic rings. The molecule has 3 nitrogen and oxygen atoms in total. The summed E-state index contributed by atoms with van der Waals surface area (Å²) in [5.41, 5.74) is 2.41. The first-order valence-electron chi connectivity index (χ1n) is 5.25. The molecule has 1 amide bonds. The largest absolute Gasteiger partial charge is 0.353 e. The highest BCUT2D eigenvalue weighted by molar-refractivity contribution is 5.82. The zero-order valence-corrected chi connectivity index (χ0v) is 8.86. The van der Waals surface area contributed by atoms with E-state index in [9.17, 15) is 4.79 Å². The number of amides is 1. The van der Waals surface area contributed by atoms with Gasteiger partial charge >= 0.3 is 0 Å². The molecule has 1 fully saturated rings. The number of nitrogens with zero attached hydrogens (tertiary/aromatic N) is 1. The number of rotatable bonds is 2. The van der Waals surface area contributed by atoms with Crippen molar-refractivity contribution < 1.29 is 4.79 Å². The minimum atomic E-state index is -0.194. The van der Waals surface area contributed by atoms with Gasteiger partial charge in [0, 0.05) is 13.1 Å². The van der Waals surface area contributed by atoms with Crippen molar-refractivity contribution in [3.05, 3.63) is 35.4 Å². The molecule has 79 valence electrons. The van der Waals surface area contributed by atoms with Crippen molar-refractivity contribution in [1.82, 2.24) is 10.6 Å². The van der Waals surface area contributed by atoms with Crippen molar-refractivity contribution in [3.8, 4) is 0 Å². The normalized spacial score (nSPS) is 21.1. The molecule has 0 aromatic heterocycles. The standard InChI is InChI=1S/C12H15N2O/c1-9-3-2-4-10(7-9)8-11-12(15)14-6-5-13-11/h2-4,7,11H,5-6,8H2,1H3,(H,14,15). The number of carbonyl (C=O) groups excluding carboxylic acids is 1. The molecule has 1 atom stereocenters. The molecular formula is C12H15N2O. The Hall–Kier alpha value is -1.35. The SMILES string of the molecule is Cc1cccc(CC2[N]CCNC2=O)c1. The van der Waals surface area contributed by atoms with Crippen LogP contribution in [0.5, 0.6) is 0 Å². The van der Waals surface area contributed by atoms with Gasteiger partial charge in [-0.3, -0.25) is 4.79 Å². The summed E-state index contributed by atoms with van der Waals surface area (Å²) in [5, 5.41) is 7.16. The van der Waals surface area contributed by atoms with Crippen LogP contribution in [0.3, 0.4) is 0 Å². The maximum absolute atomic E-state index is 11.5. The average Bonchev–Trinajstić information content (AvgIpc) is 2.22. The fraction of sp³-hybridized carbons (Fsp3) is 0.417. The fourth-order valence-corrected chi connectivity index (χ4v) is 1.82. The van der Waals surface area contributed by atoms with E-state index in [1.54, 1.807) is 0 Å². The summed E-state index contributed by atoms with van der Waals surface area (Å²) in [4.78, 5) is 11.5. The van der Waals surface area contributed by atoms with Crippen LogP contribution in [-0.2, 0) is 11.2 Å². The van der Waals surface area contributed by atoms with Gasteiger partial charge in [-0.15, -0.1) is 0 Å². The van der Waals surface area contributed by atoms with Crippen LogP contribution >= 0.6 is 0 Å². The topological polar surface area (TPSA) is 43.2 Å². The van der Waals surface area contributed by atoms with E-state index >= 15 is 0 Å². The Morgan fingerprint density at radius 3 is 3.13 bits per heavy atom. The lowest BCUT2D eigenvalue weighted by Gasteiger charge is -2.21. The van der Waals surface area contributed by atoms with Gasteiger partial charge in [0.15, 0.2) is 0 Å². The van der Waals surface area contributed by atoms with Crippen LogP contribution in [0.1, 0.15) is 11.1 Å². The summed E-state index contributed by atoms with van der Waals surface area (Å²) in [6, 6.07) is 8.04. The fourth-order valence-electron chi connectivity index (χ4n) is 1.82. The van der Waals surface area contributed by atoms with E-state index in [0.717, 1.165) is 6.54 Å². The number of aryl methyl sites for hydroxylation is 1. The van der Waals surface area contributed by atoms with Crippen molar-refractivity contribution in [2.45, 2.75) is 19.4 Å². The molecule has 1 heterocycles. The molecule has 1 saturated heterocycles. The van der Waals surface area contributed by atoms with Crippen LogP contribution in [0.15, 0.2) is 24.3 Å². The van der Waals surface area contributed by atoms with Crippen molar-refractivity contribution in [3.63, 3.8) is 0 Å². The monoisotopic (exact) mass is 203 g/mol. The van der Waals surface area contributed by atoms with E-state index in [2.05, 4.69) is 29.7 Å². The Kier molecular flexibility index (Phi) is 3.02. The molecule has 1 radical (unpaired) electrons. The van der Waals surface area contributed by atoms with E-state index in [1.807, 2.05) is 12.1 Å². The lowest BCUT2D eigenvalue weighted by Crippen LogP contribution is -2.50. The second-order valence-electron chi connectivity index (χ2n) is 3.91. The maximum atomic E-state index is 11.5. The molecule has 0 aliphatic carbocycles. The molecule has 0 bridgehead atoms. The van der Waals surface area contributed by atoms with Gasteiger partial charge in [0.05, 0.1) is 0 Å². The second-order valence-corrected chi connectivity index (χ2v) is 3.91. The average molecular weight is 203 g/mol. The molecule has 2 rings (SSSR count). The van der Waals surface area contributed by atoms with Gasteiger partial charge < -0.3 is 5.32 Å². The first-order chi connectivity index (χ1) is 7.25. The number of hydrogen-bond donors (Lipinski definition) is 1. The summed E-state index contributed by atoms with van der Waals surface area (Å²) in [7, 11) is 0. The van der Waals surface area contributed by atoms with Gasteiger partial charge in [-0.2, -0.15) is 0 Å². The molecule has 3 heteroatoms. The van der Waals surface area contributed by atoms with E-state index in [-0.39, 0.29) is 11.9 Å². The first kappa shape index (κ1) is 10.2. The van der Waals surface area contributed by atoms with Crippen LogP contribution < -0.4 is 10.6 Å². The Bertz CT molecular complexity index is 362. The summed E-state index contributed by atoms with van der Waals surface area (Å²) in [5.74, 6) is 0.0581. The van der Waals surface area contributed by atoms with Gasteiger partial charge in [0.2, 0.25) is 5.91 Å². The Balaban J connectivity index is 2.04. The second kappa shape index (κ2) is 4.45. The third-order valence-electron chi connectivity index (χ3n) is 2.57. The quantitative estimate of drug-likeness (QED) is 0.753. The highest BCUT2D eigenvalue weighted by Crippen LogP contribution is 2.08. The minimum Gasteiger partial charge on any atom is -0.353 e. The number of benzene rings is 1. The Morgan fingerprint density at radius 2 is 2.40 bits per heavy atom. The maximum Gasteiger partial charge on any atom is 0.239 e. The number of nitrogens with one attached hydrogen (secondary N) is 1. The lowest BCUT2D eigenvalue weighted by molar-refractivity contribution is -0.124. The van der Waals surface area contributed by atoms with Crippen LogP contribution in [0.2, 0.25) is 0 Å². The molecule has 0 spiro atoms. The Labute approximate surface area is 89.9 Å². The van der Waals surface area contributed by atoms with Crippen molar-refractivity contribution in [1.29, 1.82) is 0 Å². The van der Waals surface area contributed by atoms with Crippen LogP contribution in [0, 0.1) is 6.92 Å². The first-order valence-corrected chi connectivity index (χ1v) is 5.25. The lowest BCUT2D eigenvalue weighted by atomic mass is 10.0. The van der Waals surface area contributed by atoms with Crippen LogP contribution in [-0.4, -0.2) is 25.0 Å². The highest BCUT2D eigenvalue weighted by atomic mass is 16.2. The van der Waals surface area contributed by atoms with Gasteiger partial charge in [-0.05, 0) is 18.9 Å². The summed E-state index contributed by atoms with van der Waals surface area (Å²) in [6.45, 7) is 3.48. The third-order valence-corrected chi connectivity index (χ3v) is 2.57. The van der Waals surface area contributed by atoms with E-state index in [0.29, 0.717) is 13.0 Å². The van der Waals surface area contributed by atoms with E-state index in [1.165, 1.54) is 11.1 Å². The molecule has 0 saturated carbocycles. The summed E-state index contributed by atoms with van der Waals surface area (Å²) >= 11 is 0. The number of carbonyl (C=O) groups is 1. The molecule has 1 aromatic carbocycles. The smallest absolute Gasteiger partial charge is 0.239 e. The molecule has 1 aliphatic heterocycles. The van der Waals surface area contributed by atoms with Gasteiger partial charge in [0.25, 0.3) is 0 Å². The third kappa shape index (κ3) is 2.57. The van der Waals surface area contributed by atoms with Crippen LogP contribution in [0.4, 0.5) is 0 Å². The highest BCUT2D eigenvalue weighted by Gasteiger charge is 2.22. The predicted molar refractivity (Wildman–Crippen MR) is 58.7 cm³/mol. The molecular weight excluding hydrogens is 188 g/mol. The van der Waals surface area contributed by atoms with Gasteiger partial charge in [-0.25, -0.2) is 5.32 Å². The van der Waals surface area contributed by atoms with Gasteiger partial charge in [0.1, 0.15) is 6.04 Å². The van der Waals surface area contributed by atoms with E-state index < -0.39 is 0 Å². The van der Waals surface area contributed by atoms with Gasteiger partial charge in [-0.1, -0.05) is 29.8 Å². The molecule has 15 heavy (non-hydrogen) atoms. The minimum absolute atomic E-state index is 0.0581. The zero-order valence-electron chi connectivity index (χ0n) is 8.86. The Morgan fingerprint density at radius 1 is 1.53 bits per heavy atom. The van der Waals surface area contributed by atoms with Crippen molar-refractivity contribution >= 4 is 5.91 Å². The predicted octanol–water partition coefficient (Wildman–Crippen LogP) is 0.640. The number of piperazine rings is 1. The summed E-state index contributed by atoms with van der Waals surface area (Å²) in [6.07, 6.45) is 0.716. The molecule has 1 N–H and O–H groups in total. The zero-order chi connectivity index (χ0) is 10.7. The number of hydrogen-bond acceptors (Lipinski definition) is 1. The van der Waals surface area contributed by atoms with Crippen molar-refractivity contribution in [2.24, 2.45) is 0 Å². The molecule has 1 unspecified atom stereocenters.